The first kappa shape index (κ1) is 21.0. The quantitative estimate of drug-likeness (QED) is 0.737. The minimum Gasteiger partial charge on any atom is -0.379 e. The Hall–Kier alpha value is -2.23. The number of nitrogens with one attached hydrogen (secondary N) is 1. The minimum absolute atomic E-state index is 0.168. The van der Waals surface area contributed by atoms with E-state index in [0.717, 1.165) is 0 Å². The number of hydrogen-bond donors (Lipinski definition) is 2. The summed E-state index contributed by atoms with van der Waals surface area (Å²) in [5.74, 6) is -0.874. The van der Waals surface area contributed by atoms with Crippen LogP contribution in [0, 0.1) is 11.7 Å². The summed E-state index contributed by atoms with van der Waals surface area (Å²) in [5.41, 5.74) is 5.73. The van der Waals surface area contributed by atoms with E-state index >= 15 is 0 Å². The Morgan fingerprint density at radius 1 is 1.40 bits per heavy atom. The van der Waals surface area contributed by atoms with Crippen LogP contribution in [0.1, 0.15) is 22.5 Å². The lowest BCUT2D eigenvalue weighted by molar-refractivity contribution is -0.0714. The van der Waals surface area contributed by atoms with Crippen LogP contribution < -0.4 is 11.1 Å². The maximum atomic E-state index is 15.0. The number of rotatable bonds is 4. The summed E-state index contributed by atoms with van der Waals surface area (Å²) in [5, 5.41) is 3.45. The average Bonchev–Trinajstić information content (AvgIpc) is 2.74. The number of amidine groups is 1. The lowest BCUT2D eigenvalue weighted by Gasteiger charge is -2.47. The first-order chi connectivity index (χ1) is 14.4. The maximum absolute atomic E-state index is 15.0. The number of fused-ring (bicyclic) bond motifs is 1. The highest BCUT2D eigenvalue weighted by Crippen LogP contribution is 2.48. The molecule has 6 nitrogen and oxygen atoms in total. The van der Waals surface area contributed by atoms with Crippen LogP contribution in [0.2, 0.25) is 5.02 Å². The molecule has 158 valence electrons. The third-order valence-corrected chi connectivity index (χ3v) is 6.54. The fourth-order valence-corrected chi connectivity index (χ4v) is 5.13. The van der Waals surface area contributed by atoms with Crippen molar-refractivity contribution in [1.82, 2.24) is 4.98 Å². The van der Waals surface area contributed by atoms with Crippen molar-refractivity contribution in [2.45, 2.75) is 18.1 Å². The maximum Gasteiger partial charge on any atom is 0.274 e. The molecule has 0 bridgehead atoms. The van der Waals surface area contributed by atoms with Gasteiger partial charge in [0, 0.05) is 42.1 Å². The fourth-order valence-electron chi connectivity index (χ4n) is 3.95. The van der Waals surface area contributed by atoms with E-state index in [1.165, 1.54) is 42.2 Å². The zero-order chi connectivity index (χ0) is 21.3. The van der Waals surface area contributed by atoms with Gasteiger partial charge < -0.3 is 15.8 Å². The first-order valence-electron chi connectivity index (χ1n) is 9.31. The van der Waals surface area contributed by atoms with Crippen LogP contribution >= 0.6 is 23.4 Å². The van der Waals surface area contributed by atoms with Crippen molar-refractivity contribution in [3.05, 3.63) is 58.6 Å². The molecule has 3 N–H and O–H groups in total. The Morgan fingerprint density at radius 3 is 2.97 bits per heavy atom. The zero-order valence-corrected chi connectivity index (χ0v) is 17.4. The van der Waals surface area contributed by atoms with Crippen molar-refractivity contribution in [2.24, 2.45) is 16.6 Å². The molecule has 2 aliphatic rings. The molecule has 0 aliphatic carbocycles. The van der Waals surface area contributed by atoms with Gasteiger partial charge in [-0.3, -0.25) is 9.79 Å². The molecule has 3 atom stereocenters. The highest BCUT2D eigenvalue weighted by atomic mass is 35.5. The van der Waals surface area contributed by atoms with Gasteiger partial charge in [-0.1, -0.05) is 23.4 Å². The van der Waals surface area contributed by atoms with E-state index < -0.39 is 30.0 Å². The van der Waals surface area contributed by atoms with Crippen LogP contribution in [0.25, 0.3) is 0 Å². The van der Waals surface area contributed by atoms with E-state index in [-0.39, 0.29) is 23.8 Å². The second kappa shape index (κ2) is 8.49. The van der Waals surface area contributed by atoms with Crippen LogP contribution in [-0.2, 0) is 10.3 Å². The lowest BCUT2D eigenvalue weighted by atomic mass is 9.72. The number of carbonyl (C=O) groups is 1. The second-order valence-corrected chi connectivity index (χ2v) is 8.59. The predicted molar refractivity (Wildman–Crippen MR) is 113 cm³/mol. The molecule has 1 aromatic heterocycles. The van der Waals surface area contributed by atoms with Gasteiger partial charge in [0.05, 0.1) is 16.7 Å². The molecular weight excluding hydrogens is 434 g/mol. The van der Waals surface area contributed by atoms with Gasteiger partial charge in [-0.05, 0) is 30.3 Å². The molecule has 0 radical (unpaired) electrons. The van der Waals surface area contributed by atoms with Crippen LogP contribution in [0.15, 0.2) is 41.5 Å². The molecular formula is C20H19ClF2N4O2S. The number of aromatic nitrogens is 1. The third kappa shape index (κ3) is 3.89. The van der Waals surface area contributed by atoms with Gasteiger partial charge in [0.2, 0.25) is 0 Å². The van der Waals surface area contributed by atoms with Gasteiger partial charge in [-0.15, -0.1) is 0 Å². The zero-order valence-electron chi connectivity index (χ0n) is 15.8. The van der Waals surface area contributed by atoms with Gasteiger partial charge in [0.15, 0.2) is 5.17 Å². The standard InChI is InChI=1S/C20H19ClF2N4O2S/c21-11-1-4-16(25-9-11)18(28)26-12-2-3-15(23)13(7-12)20-5-6-29-17(8-22)14(20)10-30-19(24)27-20/h1-4,7,9,14,17H,5-6,8,10H2,(H2,24,27)(H,26,28)/t14-,17+,20+/m1/s1. The summed E-state index contributed by atoms with van der Waals surface area (Å²) in [6.45, 7) is -0.458. The van der Waals surface area contributed by atoms with E-state index in [4.69, 9.17) is 22.1 Å². The Labute approximate surface area is 181 Å². The van der Waals surface area contributed by atoms with Crippen LogP contribution in [0.4, 0.5) is 14.5 Å². The monoisotopic (exact) mass is 452 g/mol. The molecule has 0 spiro atoms. The molecule has 2 aliphatic heterocycles. The molecule has 1 amide bonds. The first-order valence-corrected chi connectivity index (χ1v) is 10.7. The van der Waals surface area contributed by atoms with Crippen LogP contribution in [-0.4, -0.2) is 41.2 Å². The van der Waals surface area contributed by atoms with Crippen molar-refractivity contribution in [2.75, 3.05) is 24.4 Å². The Balaban J connectivity index is 1.70. The van der Waals surface area contributed by atoms with E-state index in [0.29, 0.717) is 28.1 Å². The molecule has 1 saturated heterocycles. The van der Waals surface area contributed by atoms with E-state index in [2.05, 4.69) is 15.3 Å². The number of aliphatic imine (C=N–C) groups is 1. The SMILES string of the molecule is NC1=N[C@]2(c3cc(NC(=O)c4ccc(Cl)cn4)ccc3F)CCO[C@@H](CF)[C@H]2CS1. The number of nitrogens with two attached hydrogens (primary N) is 1. The molecule has 0 saturated carbocycles. The number of benzene rings is 1. The highest BCUT2D eigenvalue weighted by molar-refractivity contribution is 8.13. The van der Waals surface area contributed by atoms with Gasteiger partial charge in [0.25, 0.3) is 5.91 Å². The molecule has 1 fully saturated rings. The summed E-state index contributed by atoms with van der Waals surface area (Å²) >= 11 is 7.11. The molecule has 10 heteroatoms. The summed E-state index contributed by atoms with van der Waals surface area (Å²) in [6, 6.07) is 7.29. The third-order valence-electron chi connectivity index (χ3n) is 5.40. The van der Waals surface area contributed by atoms with Crippen molar-refractivity contribution >= 4 is 40.1 Å². The average molecular weight is 453 g/mol. The fraction of sp³-hybridized carbons (Fsp3) is 0.350. The minimum atomic E-state index is -1.05. The summed E-state index contributed by atoms with van der Waals surface area (Å²) in [6.07, 6.45) is 1.04. The number of thioether (sulfide) groups is 1. The van der Waals surface area contributed by atoms with Crippen LogP contribution in [0.5, 0.6) is 0 Å². The number of nitrogens with zero attached hydrogens (tertiary/aromatic N) is 2. The van der Waals surface area contributed by atoms with E-state index in [1.807, 2.05) is 0 Å². The van der Waals surface area contributed by atoms with Crippen molar-refractivity contribution in [3.8, 4) is 0 Å². The summed E-state index contributed by atoms with van der Waals surface area (Å²) in [7, 11) is 0. The molecule has 3 heterocycles. The van der Waals surface area contributed by atoms with E-state index in [9.17, 15) is 13.6 Å². The molecule has 30 heavy (non-hydrogen) atoms. The number of amides is 1. The number of pyridine rings is 1. The Bertz CT molecular complexity index is 991. The second-order valence-electron chi connectivity index (χ2n) is 7.12. The number of anilines is 1. The molecule has 2 aromatic rings. The molecule has 1 aromatic carbocycles. The largest absolute Gasteiger partial charge is 0.379 e. The van der Waals surface area contributed by atoms with E-state index in [1.54, 1.807) is 6.07 Å². The van der Waals surface area contributed by atoms with Crippen molar-refractivity contribution in [1.29, 1.82) is 0 Å². The highest BCUT2D eigenvalue weighted by Gasteiger charge is 2.51. The number of hydrogen-bond acceptors (Lipinski definition) is 6. The Kier molecular flexibility index (Phi) is 5.95. The predicted octanol–water partition coefficient (Wildman–Crippen LogP) is 3.76. The summed E-state index contributed by atoms with van der Waals surface area (Å²) < 4.78 is 34.2. The van der Waals surface area contributed by atoms with Crippen molar-refractivity contribution < 1.29 is 18.3 Å². The number of ether oxygens (including phenoxy) is 1. The van der Waals surface area contributed by atoms with Gasteiger partial charge in [0.1, 0.15) is 18.2 Å². The van der Waals surface area contributed by atoms with Gasteiger partial charge in [-0.25, -0.2) is 13.8 Å². The number of halogens is 3. The smallest absolute Gasteiger partial charge is 0.274 e. The summed E-state index contributed by atoms with van der Waals surface area (Å²) in [4.78, 5) is 21.1. The van der Waals surface area contributed by atoms with Crippen molar-refractivity contribution in [3.63, 3.8) is 0 Å². The normalized spacial score (nSPS) is 25.9. The van der Waals surface area contributed by atoms with Gasteiger partial charge >= 0.3 is 0 Å². The molecule has 0 unspecified atom stereocenters. The topological polar surface area (TPSA) is 89.6 Å². The molecule has 4 rings (SSSR count). The van der Waals surface area contributed by atoms with Gasteiger partial charge in [-0.2, -0.15) is 0 Å². The number of alkyl halides is 1. The lowest BCUT2D eigenvalue weighted by Crippen LogP contribution is -2.52. The number of carbonyl (C=O) groups excluding carboxylic acids is 1. The Morgan fingerprint density at radius 2 is 2.23 bits per heavy atom. The van der Waals surface area contributed by atoms with Crippen LogP contribution in [0.3, 0.4) is 0 Å².